The Kier molecular flexibility index (Phi) is 3.39. The van der Waals surface area contributed by atoms with Crippen LogP contribution in [-0.4, -0.2) is 6.54 Å². The minimum absolute atomic E-state index is 0.914. The minimum Gasteiger partial charge on any atom is -0.398 e. The van der Waals surface area contributed by atoms with E-state index in [-0.39, 0.29) is 0 Å². The molecule has 0 aromatic carbocycles. The SMILES string of the molecule is CCCNCc1sccc1N. The Morgan fingerprint density at radius 1 is 1.64 bits per heavy atom. The van der Waals surface area contributed by atoms with Gasteiger partial charge in [0.2, 0.25) is 0 Å². The fourth-order valence-corrected chi connectivity index (χ4v) is 1.64. The normalized spacial score (nSPS) is 10.3. The lowest BCUT2D eigenvalue weighted by atomic mass is 10.4. The summed E-state index contributed by atoms with van der Waals surface area (Å²) in [5.41, 5.74) is 6.61. The van der Waals surface area contributed by atoms with E-state index in [0.29, 0.717) is 0 Å². The molecule has 11 heavy (non-hydrogen) atoms. The number of anilines is 1. The van der Waals surface area contributed by atoms with Crippen molar-refractivity contribution < 1.29 is 0 Å². The molecule has 0 radical (unpaired) electrons. The Hall–Kier alpha value is -0.540. The molecule has 0 amide bonds. The van der Waals surface area contributed by atoms with Crippen molar-refractivity contribution in [3.63, 3.8) is 0 Å². The van der Waals surface area contributed by atoms with Gasteiger partial charge in [-0.3, -0.25) is 0 Å². The Balaban J connectivity index is 2.32. The van der Waals surface area contributed by atoms with Gasteiger partial charge in [0, 0.05) is 17.1 Å². The predicted octanol–water partition coefficient (Wildman–Crippen LogP) is 1.83. The summed E-state index contributed by atoms with van der Waals surface area (Å²) in [5.74, 6) is 0. The van der Waals surface area contributed by atoms with Gasteiger partial charge < -0.3 is 11.1 Å². The molecule has 3 heteroatoms. The summed E-state index contributed by atoms with van der Waals surface area (Å²) >= 11 is 1.71. The molecule has 0 aliphatic rings. The Bertz CT molecular complexity index is 208. The molecule has 0 spiro atoms. The van der Waals surface area contributed by atoms with Gasteiger partial charge in [0.25, 0.3) is 0 Å². The summed E-state index contributed by atoms with van der Waals surface area (Å²) in [6.45, 7) is 4.14. The van der Waals surface area contributed by atoms with Crippen molar-refractivity contribution in [1.82, 2.24) is 5.32 Å². The predicted molar refractivity (Wildman–Crippen MR) is 50.7 cm³/mol. The second-order valence-electron chi connectivity index (χ2n) is 2.48. The molecule has 0 atom stereocenters. The van der Waals surface area contributed by atoms with E-state index >= 15 is 0 Å². The maximum absolute atomic E-state index is 5.69. The topological polar surface area (TPSA) is 38.0 Å². The van der Waals surface area contributed by atoms with Gasteiger partial charge >= 0.3 is 0 Å². The zero-order chi connectivity index (χ0) is 8.10. The highest BCUT2D eigenvalue weighted by atomic mass is 32.1. The van der Waals surface area contributed by atoms with Crippen LogP contribution < -0.4 is 11.1 Å². The summed E-state index contributed by atoms with van der Waals surface area (Å²) in [7, 11) is 0. The zero-order valence-electron chi connectivity index (χ0n) is 6.76. The van der Waals surface area contributed by atoms with Crippen LogP contribution in [0.3, 0.4) is 0 Å². The van der Waals surface area contributed by atoms with Gasteiger partial charge in [0.05, 0.1) is 0 Å². The molecule has 0 saturated heterocycles. The molecule has 0 aliphatic heterocycles. The lowest BCUT2D eigenvalue weighted by Crippen LogP contribution is -2.13. The molecule has 0 bridgehead atoms. The zero-order valence-corrected chi connectivity index (χ0v) is 7.58. The first-order valence-electron chi connectivity index (χ1n) is 3.87. The molecule has 62 valence electrons. The molecule has 1 heterocycles. The van der Waals surface area contributed by atoms with Crippen molar-refractivity contribution in [3.8, 4) is 0 Å². The van der Waals surface area contributed by atoms with E-state index in [2.05, 4.69) is 12.2 Å². The monoisotopic (exact) mass is 170 g/mol. The van der Waals surface area contributed by atoms with E-state index in [0.717, 1.165) is 18.8 Å². The number of nitrogens with two attached hydrogens (primary N) is 1. The number of rotatable bonds is 4. The van der Waals surface area contributed by atoms with E-state index in [9.17, 15) is 0 Å². The molecule has 0 aliphatic carbocycles. The van der Waals surface area contributed by atoms with Crippen molar-refractivity contribution in [2.24, 2.45) is 0 Å². The number of nitrogen functional groups attached to an aromatic ring is 1. The molecule has 0 fully saturated rings. The molecule has 1 aromatic heterocycles. The van der Waals surface area contributed by atoms with Gasteiger partial charge in [-0.25, -0.2) is 0 Å². The Morgan fingerprint density at radius 2 is 2.45 bits per heavy atom. The molecule has 1 aromatic rings. The number of hydrogen-bond acceptors (Lipinski definition) is 3. The average molecular weight is 170 g/mol. The van der Waals surface area contributed by atoms with Crippen LogP contribution in [-0.2, 0) is 6.54 Å². The highest BCUT2D eigenvalue weighted by molar-refractivity contribution is 7.10. The third-order valence-electron chi connectivity index (χ3n) is 1.49. The maximum Gasteiger partial charge on any atom is 0.0468 e. The Morgan fingerprint density at radius 3 is 3.00 bits per heavy atom. The number of thiophene rings is 1. The van der Waals surface area contributed by atoms with Crippen LogP contribution in [0.1, 0.15) is 18.2 Å². The second kappa shape index (κ2) is 4.36. The van der Waals surface area contributed by atoms with Crippen LogP contribution in [0.25, 0.3) is 0 Å². The summed E-state index contributed by atoms with van der Waals surface area (Å²) < 4.78 is 0. The first-order chi connectivity index (χ1) is 5.34. The molecule has 2 nitrogen and oxygen atoms in total. The summed E-state index contributed by atoms with van der Waals surface area (Å²) in [6.07, 6.45) is 1.17. The highest BCUT2D eigenvalue weighted by Crippen LogP contribution is 2.17. The van der Waals surface area contributed by atoms with Crippen LogP contribution in [0.15, 0.2) is 11.4 Å². The molecular weight excluding hydrogens is 156 g/mol. The maximum atomic E-state index is 5.69. The van der Waals surface area contributed by atoms with Crippen molar-refractivity contribution in [2.45, 2.75) is 19.9 Å². The van der Waals surface area contributed by atoms with Gasteiger partial charge in [0.1, 0.15) is 0 Å². The van der Waals surface area contributed by atoms with Crippen molar-refractivity contribution in [2.75, 3.05) is 12.3 Å². The van der Waals surface area contributed by atoms with E-state index in [1.165, 1.54) is 11.3 Å². The minimum atomic E-state index is 0.914. The fourth-order valence-electron chi connectivity index (χ4n) is 0.873. The standard InChI is InChI=1S/C8H14N2S/c1-2-4-10-6-8-7(9)3-5-11-8/h3,5,10H,2,4,6,9H2,1H3. The highest BCUT2D eigenvalue weighted by Gasteiger charge is 1.97. The van der Waals surface area contributed by atoms with Crippen LogP contribution >= 0.6 is 11.3 Å². The van der Waals surface area contributed by atoms with Gasteiger partial charge in [0.15, 0.2) is 0 Å². The number of hydrogen-bond donors (Lipinski definition) is 2. The van der Waals surface area contributed by atoms with Crippen molar-refractivity contribution >= 4 is 17.0 Å². The largest absolute Gasteiger partial charge is 0.398 e. The lowest BCUT2D eigenvalue weighted by molar-refractivity contribution is 0.682. The smallest absolute Gasteiger partial charge is 0.0468 e. The van der Waals surface area contributed by atoms with Crippen LogP contribution in [0, 0.1) is 0 Å². The second-order valence-corrected chi connectivity index (χ2v) is 3.48. The molecule has 3 N–H and O–H groups in total. The van der Waals surface area contributed by atoms with Gasteiger partial charge in [-0.15, -0.1) is 11.3 Å². The van der Waals surface area contributed by atoms with Crippen LogP contribution in [0.2, 0.25) is 0 Å². The van der Waals surface area contributed by atoms with Crippen molar-refractivity contribution in [1.29, 1.82) is 0 Å². The quantitative estimate of drug-likeness (QED) is 0.677. The van der Waals surface area contributed by atoms with Crippen LogP contribution in [0.4, 0.5) is 5.69 Å². The van der Waals surface area contributed by atoms with E-state index in [1.54, 1.807) is 11.3 Å². The number of nitrogens with one attached hydrogen (secondary N) is 1. The van der Waals surface area contributed by atoms with Gasteiger partial charge in [-0.05, 0) is 24.4 Å². The first kappa shape index (κ1) is 8.56. The van der Waals surface area contributed by atoms with Crippen molar-refractivity contribution in [3.05, 3.63) is 16.3 Å². The van der Waals surface area contributed by atoms with Gasteiger partial charge in [-0.2, -0.15) is 0 Å². The Labute approximate surface area is 71.4 Å². The lowest BCUT2D eigenvalue weighted by Gasteiger charge is -2.00. The third kappa shape index (κ3) is 2.52. The van der Waals surface area contributed by atoms with E-state index < -0.39 is 0 Å². The van der Waals surface area contributed by atoms with Gasteiger partial charge in [-0.1, -0.05) is 6.92 Å². The summed E-state index contributed by atoms with van der Waals surface area (Å²) in [5, 5.41) is 5.33. The first-order valence-corrected chi connectivity index (χ1v) is 4.75. The van der Waals surface area contributed by atoms with E-state index in [1.807, 2.05) is 11.4 Å². The molecule has 0 unspecified atom stereocenters. The summed E-state index contributed by atoms with van der Waals surface area (Å²) in [4.78, 5) is 1.25. The average Bonchev–Trinajstić information content (AvgIpc) is 2.37. The van der Waals surface area contributed by atoms with Crippen LogP contribution in [0.5, 0.6) is 0 Å². The fraction of sp³-hybridized carbons (Fsp3) is 0.500. The molecule has 1 rings (SSSR count). The molecule has 0 saturated carbocycles. The molecular formula is C8H14N2S. The van der Waals surface area contributed by atoms with E-state index in [4.69, 9.17) is 5.73 Å². The summed E-state index contributed by atoms with van der Waals surface area (Å²) in [6, 6.07) is 1.95. The third-order valence-corrected chi connectivity index (χ3v) is 2.43.